The van der Waals surface area contributed by atoms with Crippen molar-refractivity contribution in [1.82, 2.24) is 24.5 Å². The van der Waals surface area contributed by atoms with Gasteiger partial charge in [-0.25, -0.2) is 4.98 Å². The predicted octanol–water partition coefficient (Wildman–Crippen LogP) is 3.58. The Labute approximate surface area is 164 Å². The van der Waals surface area contributed by atoms with Crippen molar-refractivity contribution in [2.45, 2.75) is 45.8 Å². The summed E-state index contributed by atoms with van der Waals surface area (Å²) in [6, 6.07) is 10.3. The third-order valence-electron chi connectivity index (χ3n) is 4.33. The molecule has 0 saturated carbocycles. The van der Waals surface area contributed by atoms with Crippen LogP contribution in [0, 0.1) is 20.8 Å². The Balaban J connectivity index is 1.70. The molecule has 0 spiro atoms. The van der Waals surface area contributed by atoms with Crippen LogP contribution < -0.4 is 0 Å². The van der Waals surface area contributed by atoms with Gasteiger partial charge in [-0.2, -0.15) is 0 Å². The molecular weight excluding hydrogens is 358 g/mol. The van der Waals surface area contributed by atoms with Crippen molar-refractivity contribution in [2.75, 3.05) is 12.3 Å². The molecule has 0 unspecified atom stereocenters. The van der Waals surface area contributed by atoms with Crippen LogP contribution in [0.15, 0.2) is 35.5 Å². The van der Waals surface area contributed by atoms with Crippen molar-refractivity contribution in [2.24, 2.45) is 0 Å². The molecular formula is C20H25N5OS. The van der Waals surface area contributed by atoms with Gasteiger partial charge in [0.25, 0.3) is 5.78 Å². The summed E-state index contributed by atoms with van der Waals surface area (Å²) in [6.45, 7) is 9.47. The molecule has 2 aromatic heterocycles. The molecule has 1 aromatic carbocycles. The van der Waals surface area contributed by atoms with Gasteiger partial charge in [-0.1, -0.05) is 48.5 Å². The monoisotopic (exact) mass is 383 g/mol. The fourth-order valence-corrected chi connectivity index (χ4v) is 3.88. The minimum atomic E-state index is 0.108. The smallest absolute Gasteiger partial charge is 0.256 e. The number of carbonyl (C=O) groups excluding carboxylic acids is 1. The van der Waals surface area contributed by atoms with E-state index in [9.17, 15) is 4.79 Å². The Morgan fingerprint density at radius 1 is 1.15 bits per heavy atom. The van der Waals surface area contributed by atoms with E-state index in [1.54, 1.807) is 0 Å². The highest BCUT2D eigenvalue weighted by atomic mass is 32.2. The third kappa shape index (κ3) is 4.66. The minimum Gasteiger partial charge on any atom is -0.338 e. The predicted molar refractivity (Wildman–Crippen MR) is 108 cm³/mol. The maximum atomic E-state index is 12.8. The number of aryl methyl sites for hydroxylation is 3. The number of hydrogen-bond acceptors (Lipinski definition) is 5. The lowest BCUT2D eigenvalue weighted by Gasteiger charge is -2.22. The summed E-state index contributed by atoms with van der Waals surface area (Å²) in [7, 11) is 0. The van der Waals surface area contributed by atoms with E-state index in [2.05, 4.69) is 53.3 Å². The average Bonchev–Trinajstić information content (AvgIpc) is 3.04. The number of thioether (sulfide) groups is 1. The molecule has 142 valence electrons. The Kier molecular flexibility index (Phi) is 6.11. The lowest BCUT2D eigenvalue weighted by atomic mass is 10.1. The highest BCUT2D eigenvalue weighted by molar-refractivity contribution is 7.99. The van der Waals surface area contributed by atoms with E-state index in [-0.39, 0.29) is 5.91 Å². The second-order valence-corrected chi connectivity index (χ2v) is 7.69. The standard InChI is InChI=1S/C20H25N5OS/c1-5-10-24(12-17-8-6-14(2)7-9-17)18(26)13-27-20-23-22-19-21-15(3)11-16(4)25(19)20/h6-9,11H,5,10,12-13H2,1-4H3. The average molecular weight is 384 g/mol. The maximum Gasteiger partial charge on any atom is 0.256 e. The summed E-state index contributed by atoms with van der Waals surface area (Å²) in [5.41, 5.74) is 4.30. The molecule has 2 heterocycles. The third-order valence-corrected chi connectivity index (χ3v) is 5.24. The first-order valence-electron chi connectivity index (χ1n) is 9.13. The summed E-state index contributed by atoms with van der Waals surface area (Å²) in [4.78, 5) is 19.1. The molecule has 0 bridgehead atoms. The molecule has 27 heavy (non-hydrogen) atoms. The van der Waals surface area contributed by atoms with Gasteiger partial charge >= 0.3 is 0 Å². The summed E-state index contributed by atoms with van der Waals surface area (Å²) >= 11 is 1.41. The summed E-state index contributed by atoms with van der Waals surface area (Å²) in [5.74, 6) is 1.02. The number of benzene rings is 1. The van der Waals surface area contributed by atoms with Gasteiger partial charge in [-0.15, -0.1) is 10.2 Å². The van der Waals surface area contributed by atoms with E-state index >= 15 is 0 Å². The van der Waals surface area contributed by atoms with Crippen LogP contribution >= 0.6 is 11.8 Å². The van der Waals surface area contributed by atoms with Gasteiger partial charge in [0.05, 0.1) is 5.75 Å². The van der Waals surface area contributed by atoms with Crippen LogP contribution in [0.4, 0.5) is 0 Å². The Hall–Kier alpha value is -2.41. The van der Waals surface area contributed by atoms with Crippen LogP contribution in [0.2, 0.25) is 0 Å². The van der Waals surface area contributed by atoms with Gasteiger partial charge < -0.3 is 4.90 Å². The van der Waals surface area contributed by atoms with Crippen molar-refractivity contribution >= 4 is 23.4 Å². The number of fused-ring (bicyclic) bond motifs is 1. The number of carbonyl (C=O) groups is 1. The first-order chi connectivity index (χ1) is 13.0. The van der Waals surface area contributed by atoms with Gasteiger partial charge in [0, 0.05) is 24.5 Å². The van der Waals surface area contributed by atoms with Crippen LogP contribution in [-0.2, 0) is 11.3 Å². The number of rotatable bonds is 7. The summed E-state index contributed by atoms with van der Waals surface area (Å²) in [5, 5.41) is 9.05. The second kappa shape index (κ2) is 8.52. The molecule has 0 aliphatic heterocycles. The molecule has 0 fully saturated rings. The number of amides is 1. The molecule has 3 aromatic rings. The van der Waals surface area contributed by atoms with Gasteiger partial charge in [0.1, 0.15) is 0 Å². The fourth-order valence-electron chi connectivity index (χ4n) is 2.99. The molecule has 0 N–H and O–H groups in total. The van der Waals surface area contributed by atoms with E-state index in [0.29, 0.717) is 23.2 Å². The van der Waals surface area contributed by atoms with Crippen LogP contribution in [0.5, 0.6) is 0 Å². The molecule has 0 radical (unpaired) electrons. The Morgan fingerprint density at radius 3 is 2.59 bits per heavy atom. The fraction of sp³-hybridized carbons (Fsp3) is 0.400. The topological polar surface area (TPSA) is 63.4 Å². The van der Waals surface area contributed by atoms with Crippen molar-refractivity contribution in [3.05, 3.63) is 52.8 Å². The molecule has 3 rings (SSSR count). The molecule has 0 aliphatic carbocycles. The quantitative estimate of drug-likeness (QED) is 0.584. The van der Waals surface area contributed by atoms with Crippen LogP contribution in [0.25, 0.3) is 5.78 Å². The van der Waals surface area contributed by atoms with Crippen LogP contribution in [0.3, 0.4) is 0 Å². The molecule has 1 amide bonds. The normalized spacial score (nSPS) is 11.1. The largest absolute Gasteiger partial charge is 0.338 e. The van der Waals surface area contributed by atoms with Gasteiger partial charge in [-0.3, -0.25) is 9.20 Å². The van der Waals surface area contributed by atoms with E-state index in [1.807, 2.05) is 29.2 Å². The maximum absolute atomic E-state index is 12.8. The van der Waals surface area contributed by atoms with Crippen molar-refractivity contribution in [1.29, 1.82) is 0 Å². The van der Waals surface area contributed by atoms with Crippen molar-refractivity contribution in [3.63, 3.8) is 0 Å². The second-order valence-electron chi connectivity index (χ2n) is 6.75. The first kappa shape index (κ1) is 19.4. The zero-order valence-electron chi connectivity index (χ0n) is 16.3. The first-order valence-corrected chi connectivity index (χ1v) is 10.1. The SMILES string of the molecule is CCCN(Cc1ccc(C)cc1)C(=O)CSc1nnc2nc(C)cc(C)n12. The lowest BCUT2D eigenvalue weighted by molar-refractivity contribution is -0.129. The van der Waals surface area contributed by atoms with E-state index in [0.717, 1.165) is 29.9 Å². The Morgan fingerprint density at radius 2 is 1.89 bits per heavy atom. The summed E-state index contributed by atoms with van der Waals surface area (Å²) < 4.78 is 1.90. The Bertz CT molecular complexity index is 935. The minimum absolute atomic E-state index is 0.108. The highest BCUT2D eigenvalue weighted by Crippen LogP contribution is 2.19. The number of aromatic nitrogens is 4. The van der Waals surface area contributed by atoms with Gasteiger partial charge in [-0.05, 0) is 38.8 Å². The molecule has 0 atom stereocenters. The molecule has 0 aliphatic rings. The van der Waals surface area contributed by atoms with Crippen LogP contribution in [-0.4, -0.2) is 42.7 Å². The number of nitrogens with zero attached hydrogens (tertiary/aromatic N) is 5. The van der Waals surface area contributed by atoms with E-state index < -0.39 is 0 Å². The van der Waals surface area contributed by atoms with E-state index in [1.165, 1.54) is 17.3 Å². The molecule has 6 nitrogen and oxygen atoms in total. The number of hydrogen-bond donors (Lipinski definition) is 0. The van der Waals surface area contributed by atoms with Crippen molar-refractivity contribution in [3.8, 4) is 0 Å². The highest BCUT2D eigenvalue weighted by Gasteiger charge is 2.17. The lowest BCUT2D eigenvalue weighted by Crippen LogP contribution is -2.32. The van der Waals surface area contributed by atoms with Gasteiger partial charge in [0.2, 0.25) is 5.91 Å². The van der Waals surface area contributed by atoms with E-state index in [4.69, 9.17) is 0 Å². The van der Waals surface area contributed by atoms with Gasteiger partial charge in [0.15, 0.2) is 5.16 Å². The molecule has 7 heteroatoms. The summed E-state index contributed by atoms with van der Waals surface area (Å²) in [6.07, 6.45) is 0.929. The van der Waals surface area contributed by atoms with Crippen molar-refractivity contribution < 1.29 is 4.79 Å². The van der Waals surface area contributed by atoms with Crippen LogP contribution in [0.1, 0.15) is 35.9 Å². The zero-order valence-corrected chi connectivity index (χ0v) is 17.1. The zero-order chi connectivity index (χ0) is 19.4. The molecule has 0 saturated heterocycles.